The van der Waals surface area contributed by atoms with Crippen molar-refractivity contribution in [2.24, 2.45) is 0 Å². The van der Waals surface area contributed by atoms with Crippen molar-refractivity contribution < 1.29 is 4.79 Å². The van der Waals surface area contributed by atoms with Crippen LogP contribution in [0.5, 0.6) is 0 Å². The minimum absolute atomic E-state index is 0.160. The highest BCUT2D eigenvalue weighted by Crippen LogP contribution is 2.30. The molecule has 3 rings (SSSR count). The molecule has 1 heterocycles. The number of nitrogens with zero attached hydrogens (tertiary/aromatic N) is 1. The van der Waals surface area contributed by atoms with Gasteiger partial charge in [-0.3, -0.25) is 4.79 Å². The average molecular weight is 329 g/mol. The molecule has 0 aliphatic heterocycles. The van der Waals surface area contributed by atoms with Crippen molar-refractivity contribution in [1.82, 2.24) is 10.3 Å². The molecule has 3 nitrogen and oxygen atoms in total. The van der Waals surface area contributed by atoms with Gasteiger partial charge in [0.05, 0.1) is 5.69 Å². The molecule has 110 valence electrons. The molecule has 0 aliphatic rings. The second-order valence-corrected chi connectivity index (χ2v) is 6.26. The number of aromatic nitrogens is 1. The molecule has 2 aromatic carbocycles. The number of rotatable bonds is 4. The van der Waals surface area contributed by atoms with E-state index in [-0.39, 0.29) is 5.91 Å². The molecule has 0 spiro atoms. The first-order valence-corrected chi connectivity index (χ1v) is 7.97. The number of carbonyl (C=O) groups is 1. The van der Waals surface area contributed by atoms with Crippen LogP contribution in [0.4, 0.5) is 0 Å². The van der Waals surface area contributed by atoms with Gasteiger partial charge in [0.1, 0.15) is 4.88 Å². The van der Waals surface area contributed by atoms with Gasteiger partial charge in [-0.1, -0.05) is 83.6 Å². The number of nitrogens with one attached hydrogen (secondary N) is 1. The molecule has 0 radical (unpaired) electrons. The molecule has 5 heteroatoms. The third kappa shape index (κ3) is 3.35. The Morgan fingerprint density at radius 3 is 2.36 bits per heavy atom. The Morgan fingerprint density at radius 1 is 1.05 bits per heavy atom. The lowest BCUT2D eigenvalue weighted by molar-refractivity contribution is 0.0955. The Morgan fingerprint density at radius 2 is 1.68 bits per heavy atom. The molecule has 1 N–H and O–H groups in total. The van der Waals surface area contributed by atoms with Crippen molar-refractivity contribution in [1.29, 1.82) is 0 Å². The van der Waals surface area contributed by atoms with E-state index in [1.165, 1.54) is 11.3 Å². The number of amides is 1. The highest BCUT2D eigenvalue weighted by molar-refractivity contribution is 7.18. The van der Waals surface area contributed by atoms with Crippen LogP contribution in [0.2, 0.25) is 4.47 Å². The summed E-state index contributed by atoms with van der Waals surface area (Å²) in [7, 11) is 0. The zero-order chi connectivity index (χ0) is 15.4. The summed E-state index contributed by atoms with van der Waals surface area (Å²) in [6, 6.07) is 19.4. The van der Waals surface area contributed by atoms with E-state index >= 15 is 0 Å². The van der Waals surface area contributed by atoms with Crippen LogP contribution in [-0.2, 0) is 6.54 Å². The van der Waals surface area contributed by atoms with Gasteiger partial charge in [0.25, 0.3) is 5.91 Å². The Labute approximate surface area is 137 Å². The first-order valence-electron chi connectivity index (χ1n) is 6.78. The van der Waals surface area contributed by atoms with Gasteiger partial charge >= 0.3 is 0 Å². The fraction of sp³-hybridized carbons (Fsp3) is 0.0588. The number of hydrogen-bond donors (Lipinski definition) is 1. The molecule has 1 aromatic heterocycles. The van der Waals surface area contributed by atoms with Crippen molar-refractivity contribution in [3.8, 4) is 11.3 Å². The topological polar surface area (TPSA) is 42.0 Å². The van der Waals surface area contributed by atoms with E-state index in [4.69, 9.17) is 11.6 Å². The summed E-state index contributed by atoms with van der Waals surface area (Å²) in [4.78, 5) is 17.2. The zero-order valence-electron chi connectivity index (χ0n) is 11.6. The lowest BCUT2D eigenvalue weighted by atomic mass is 10.1. The van der Waals surface area contributed by atoms with Crippen molar-refractivity contribution in [2.45, 2.75) is 6.54 Å². The van der Waals surface area contributed by atoms with Crippen LogP contribution < -0.4 is 5.32 Å². The maximum absolute atomic E-state index is 12.4. The molecule has 0 saturated carbocycles. The summed E-state index contributed by atoms with van der Waals surface area (Å²) in [6.07, 6.45) is 0. The third-order valence-electron chi connectivity index (χ3n) is 3.15. The Hall–Kier alpha value is -2.17. The van der Waals surface area contributed by atoms with Crippen LogP contribution in [0.15, 0.2) is 60.7 Å². The normalized spacial score (nSPS) is 10.4. The smallest absolute Gasteiger partial charge is 0.263 e. The monoisotopic (exact) mass is 328 g/mol. The van der Waals surface area contributed by atoms with Crippen LogP contribution in [0.1, 0.15) is 15.2 Å². The SMILES string of the molecule is O=C(NCc1ccccc1)c1sc(Cl)nc1-c1ccccc1. The van der Waals surface area contributed by atoms with Crippen molar-refractivity contribution in [3.05, 3.63) is 75.6 Å². The first kappa shape index (κ1) is 14.8. The molecule has 1 amide bonds. The first-order chi connectivity index (χ1) is 10.7. The van der Waals surface area contributed by atoms with Crippen molar-refractivity contribution >= 4 is 28.8 Å². The van der Waals surface area contributed by atoms with Gasteiger partial charge in [-0.2, -0.15) is 0 Å². The Bertz CT molecular complexity index is 772. The van der Waals surface area contributed by atoms with Gasteiger partial charge in [-0.25, -0.2) is 4.98 Å². The third-order valence-corrected chi connectivity index (χ3v) is 4.31. The Kier molecular flexibility index (Phi) is 4.51. The van der Waals surface area contributed by atoms with E-state index in [2.05, 4.69) is 10.3 Å². The predicted octanol–water partition coefficient (Wildman–Crippen LogP) is 4.39. The van der Waals surface area contributed by atoms with Crippen molar-refractivity contribution in [3.63, 3.8) is 0 Å². The van der Waals surface area contributed by atoms with Crippen LogP contribution in [0.25, 0.3) is 11.3 Å². The van der Waals surface area contributed by atoms with Crippen LogP contribution in [0, 0.1) is 0 Å². The zero-order valence-corrected chi connectivity index (χ0v) is 13.2. The van der Waals surface area contributed by atoms with E-state index in [9.17, 15) is 4.79 Å². The molecule has 22 heavy (non-hydrogen) atoms. The molecule has 0 saturated heterocycles. The van der Waals surface area contributed by atoms with E-state index in [0.717, 1.165) is 11.1 Å². The quantitative estimate of drug-likeness (QED) is 0.771. The molecular weight excluding hydrogens is 316 g/mol. The highest BCUT2D eigenvalue weighted by Gasteiger charge is 2.18. The summed E-state index contributed by atoms with van der Waals surface area (Å²) >= 11 is 7.20. The molecule has 0 atom stereocenters. The molecule has 0 bridgehead atoms. The van der Waals surface area contributed by atoms with E-state index < -0.39 is 0 Å². The van der Waals surface area contributed by atoms with E-state index in [1.54, 1.807) is 0 Å². The van der Waals surface area contributed by atoms with Gasteiger partial charge in [0.2, 0.25) is 0 Å². The minimum atomic E-state index is -0.160. The maximum atomic E-state index is 12.4. The minimum Gasteiger partial charge on any atom is -0.347 e. The van der Waals surface area contributed by atoms with E-state index in [0.29, 0.717) is 21.6 Å². The van der Waals surface area contributed by atoms with Gasteiger partial charge in [-0.15, -0.1) is 0 Å². The number of halogens is 1. The molecular formula is C17H13ClN2OS. The predicted molar refractivity (Wildman–Crippen MR) is 90.2 cm³/mol. The van der Waals surface area contributed by atoms with Gasteiger partial charge in [0, 0.05) is 12.1 Å². The molecule has 0 fully saturated rings. The molecule has 0 aliphatic carbocycles. The van der Waals surface area contributed by atoms with Gasteiger partial charge < -0.3 is 5.32 Å². The molecule has 3 aromatic rings. The lowest BCUT2D eigenvalue weighted by Crippen LogP contribution is -2.22. The van der Waals surface area contributed by atoms with Crippen LogP contribution in [0.3, 0.4) is 0 Å². The highest BCUT2D eigenvalue weighted by atomic mass is 35.5. The number of carbonyl (C=O) groups excluding carboxylic acids is 1. The summed E-state index contributed by atoms with van der Waals surface area (Å²) in [5.74, 6) is -0.160. The largest absolute Gasteiger partial charge is 0.347 e. The number of hydrogen-bond acceptors (Lipinski definition) is 3. The van der Waals surface area contributed by atoms with Crippen LogP contribution >= 0.6 is 22.9 Å². The lowest BCUT2D eigenvalue weighted by Gasteiger charge is -2.05. The standard InChI is InChI=1S/C17H13ClN2OS/c18-17-20-14(13-9-5-2-6-10-13)15(22-17)16(21)19-11-12-7-3-1-4-8-12/h1-10H,11H2,(H,19,21). The summed E-state index contributed by atoms with van der Waals surface area (Å²) in [6.45, 7) is 0.476. The maximum Gasteiger partial charge on any atom is 0.263 e. The second kappa shape index (κ2) is 6.73. The van der Waals surface area contributed by atoms with Gasteiger partial charge in [-0.05, 0) is 5.56 Å². The average Bonchev–Trinajstić information content (AvgIpc) is 2.96. The van der Waals surface area contributed by atoms with Crippen molar-refractivity contribution in [2.75, 3.05) is 0 Å². The summed E-state index contributed by atoms with van der Waals surface area (Å²) in [5, 5.41) is 2.91. The summed E-state index contributed by atoms with van der Waals surface area (Å²) in [5.41, 5.74) is 2.56. The fourth-order valence-corrected chi connectivity index (χ4v) is 3.14. The number of benzene rings is 2. The second-order valence-electron chi connectivity index (χ2n) is 4.68. The summed E-state index contributed by atoms with van der Waals surface area (Å²) < 4.78 is 0.365. The molecule has 0 unspecified atom stereocenters. The van der Waals surface area contributed by atoms with Crippen LogP contribution in [-0.4, -0.2) is 10.9 Å². The van der Waals surface area contributed by atoms with Gasteiger partial charge in [0.15, 0.2) is 4.47 Å². The Balaban J connectivity index is 1.81. The number of thiazole rings is 1. The van der Waals surface area contributed by atoms with E-state index in [1.807, 2.05) is 60.7 Å². The fourth-order valence-electron chi connectivity index (χ4n) is 2.10.